The third-order valence-electron chi connectivity index (χ3n) is 4.81. The number of hydrogen-bond donors (Lipinski definition) is 1. The Kier molecular flexibility index (Phi) is 6.13. The SMILES string of the molecule is O=C(NCc1coc(-c2cccs2)n1)N1CCN(Cc2c(F)cccc2Cl)CC1. The van der Waals surface area contributed by atoms with Crippen molar-refractivity contribution in [3.05, 3.63) is 64.1 Å². The van der Waals surface area contributed by atoms with Gasteiger partial charge in [0.05, 0.1) is 17.1 Å². The van der Waals surface area contributed by atoms with E-state index in [0.29, 0.717) is 61.4 Å². The maximum atomic E-state index is 14.0. The Hall–Kier alpha value is -2.42. The molecule has 0 radical (unpaired) electrons. The molecule has 4 rings (SSSR count). The molecule has 1 aliphatic heterocycles. The van der Waals surface area contributed by atoms with Gasteiger partial charge in [-0.05, 0) is 23.6 Å². The lowest BCUT2D eigenvalue weighted by Gasteiger charge is -2.34. The molecule has 0 bridgehead atoms. The first-order valence-corrected chi connectivity index (χ1v) is 10.5. The molecule has 152 valence electrons. The van der Waals surface area contributed by atoms with Gasteiger partial charge in [-0.1, -0.05) is 23.7 Å². The smallest absolute Gasteiger partial charge is 0.317 e. The number of nitrogens with one attached hydrogen (secondary N) is 1. The fourth-order valence-electron chi connectivity index (χ4n) is 3.20. The molecule has 1 aliphatic rings. The van der Waals surface area contributed by atoms with Gasteiger partial charge in [0.15, 0.2) is 0 Å². The summed E-state index contributed by atoms with van der Waals surface area (Å²) < 4.78 is 19.4. The molecule has 0 spiro atoms. The van der Waals surface area contributed by atoms with Crippen molar-refractivity contribution in [1.29, 1.82) is 0 Å². The molecule has 3 heterocycles. The number of halogens is 2. The van der Waals surface area contributed by atoms with Gasteiger partial charge in [0.2, 0.25) is 5.89 Å². The van der Waals surface area contributed by atoms with Crippen molar-refractivity contribution in [2.24, 2.45) is 0 Å². The van der Waals surface area contributed by atoms with Gasteiger partial charge in [0, 0.05) is 43.3 Å². The summed E-state index contributed by atoms with van der Waals surface area (Å²) in [6, 6.07) is 8.44. The second kappa shape index (κ2) is 8.94. The Morgan fingerprint density at radius 1 is 1.24 bits per heavy atom. The van der Waals surface area contributed by atoms with E-state index >= 15 is 0 Å². The number of amides is 2. The molecule has 0 atom stereocenters. The number of aromatic nitrogens is 1. The maximum Gasteiger partial charge on any atom is 0.317 e. The highest BCUT2D eigenvalue weighted by molar-refractivity contribution is 7.13. The lowest BCUT2D eigenvalue weighted by Crippen LogP contribution is -2.51. The molecule has 0 unspecified atom stereocenters. The van der Waals surface area contributed by atoms with Gasteiger partial charge < -0.3 is 14.6 Å². The Morgan fingerprint density at radius 2 is 2.07 bits per heavy atom. The molecule has 0 aliphatic carbocycles. The average Bonchev–Trinajstić information content (AvgIpc) is 3.41. The van der Waals surface area contributed by atoms with E-state index < -0.39 is 0 Å². The first-order valence-electron chi connectivity index (χ1n) is 9.26. The third-order valence-corrected chi connectivity index (χ3v) is 6.02. The first kappa shape index (κ1) is 19.9. The first-order chi connectivity index (χ1) is 14.1. The van der Waals surface area contributed by atoms with Gasteiger partial charge in [-0.3, -0.25) is 4.90 Å². The molecule has 1 N–H and O–H groups in total. The van der Waals surface area contributed by atoms with Gasteiger partial charge in [-0.15, -0.1) is 11.3 Å². The van der Waals surface area contributed by atoms with Crippen LogP contribution in [0.15, 0.2) is 46.4 Å². The molecule has 3 aromatic rings. The molecule has 1 aromatic carbocycles. The van der Waals surface area contributed by atoms with Crippen LogP contribution in [-0.4, -0.2) is 47.0 Å². The van der Waals surface area contributed by atoms with Gasteiger partial charge in [0.25, 0.3) is 0 Å². The van der Waals surface area contributed by atoms with Crippen LogP contribution in [0.3, 0.4) is 0 Å². The van der Waals surface area contributed by atoms with E-state index in [4.69, 9.17) is 16.0 Å². The summed E-state index contributed by atoms with van der Waals surface area (Å²) in [4.78, 5) is 21.6. The van der Waals surface area contributed by atoms with Gasteiger partial charge >= 0.3 is 6.03 Å². The highest BCUT2D eigenvalue weighted by Crippen LogP contribution is 2.24. The number of benzene rings is 1. The number of carbonyl (C=O) groups excluding carboxylic acids is 1. The van der Waals surface area contributed by atoms with Gasteiger partial charge in [-0.25, -0.2) is 14.2 Å². The lowest BCUT2D eigenvalue weighted by atomic mass is 10.2. The largest absolute Gasteiger partial charge is 0.443 e. The summed E-state index contributed by atoms with van der Waals surface area (Å²) in [6.07, 6.45) is 1.56. The Bertz CT molecular complexity index is 951. The van der Waals surface area contributed by atoms with E-state index in [0.717, 1.165) is 4.88 Å². The van der Waals surface area contributed by atoms with Crippen LogP contribution >= 0.6 is 22.9 Å². The van der Waals surface area contributed by atoms with Crippen molar-refractivity contribution in [3.63, 3.8) is 0 Å². The normalized spacial score (nSPS) is 14.9. The molecule has 2 amide bonds. The van der Waals surface area contributed by atoms with E-state index in [1.807, 2.05) is 17.5 Å². The number of thiophene rings is 1. The molecular weight excluding hydrogens is 415 g/mol. The fourth-order valence-corrected chi connectivity index (χ4v) is 4.07. The van der Waals surface area contributed by atoms with Crippen molar-refractivity contribution in [2.75, 3.05) is 26.2 Å². The highest BCUT2D eigenvalue weighted by Gasteiger charge is 2.22. The molecule has 2 aromatic heterocycles. The van der Waals surface area contributed by atoms with E-state index in [1.54, 1.807) is 34.6 Å². The number of urea groups is 1. The van der Waals surface area contributed by atoms with E-state index in [1.165, 1.54) is 6.07 Å². The molecule has 0 saturated carbocycles. The van der Waals surface area contributed by atoms with Crippen LogP contribution in [0.1, 0.15) is 11.3 Å². The van der Waals surface area contributed by atoms with E-state index in [2.05, 4.69) is 15.2 Å². The van der Waals surface area contributed by atoms with Crippen molar-refractivity contribution < 1.29 is 13.6 Å². The standard InChI is InChI=1S/C20H20ClFN4O2S/c21-16-3-1-4-17(22)15(16)12-25-6-8-26(9-7-25)20(27)23-11-14-13-28-19(24-14)18-5-2-10-29-18/h1-5,10,13H,6-9,11-12H2,(H,23,27). The molecule has 1 saturated heterocycles. The highest BCUT2D eigenvalue weighted by atomic mass is 35.5. The zero-order chi connectivity index (χ0) is 20.2. The summed E-state index contributed by atoms with van der Waals surface area (Å²) in [5.74, 6) is 0.261. The van der Waals surface area contributed by atoms with Gasteiger partial charge in [0.1, 0.15) is 12.1 Å². The van der Waals surface area contributed by atoms with E-state index in [9.17, 15) is 9.18 Å². The van der Waals surface area contributed by atoms with Crippen molar-refractivity contribution in [3.8, 4) is 10.8 Å². The van der Waals surface area contributed by atoms with Crippen LogP contribution in [0.25, 0.3) is 10.8 Å². The lowest BCUT2D eigenvalue weighted by molar-refractivity contribution is 0.134. The predicted octanol–water partition coefficient (Wildman–Crippen LogP) is 4.22. The molecule has 6 nitrogen and oxygen atoms in total. The number of nitrogens with zero attached hydrogens (tertiary/aromatic N) is 3. The van der Waals surface area contributed by atoms with E-state index in [-0.39, 0.29) is 11.8 Å². The van der Waals surface area contributed by atoms with Crippen LogP contribution in [0.2, 0.25) is 5.02 Å². The third kappa shape index (κ3) is 4.77. The second-order valence-electron chi connectivity index (χ2n) is 6.74. The van der Waals surface area contributed by atoms with Crippen molar-refractivity contribution >= 4 is 29.0 Å². The minimum atomic E-state index is -0.299. The molecule has 9 heteroatoms. The summed E-state index contributed by atoms with van der Waals surface area (Å²) >= 11 is 7.66. The number of rotatable bonds is 5. The zero-order valence-corrected chi connectivity index (χ0v) is 17.2. The summed E-state index contributed by atoms with van der Waals surface area (Å²) in [5.41, 5.74) is 1.18. The number of piperazine rings is 1. The Labute approximate surface area is 176 Å². The number of carbonyl (C=O) groups is 1. The molecule has 1 fully saturated rings. The summed E-state index contributed by atoms with van der Waals surface area (Å²) in [7, 11) is 0. The van der Waals surface area contributed by atoms with Crippen LogP contribution in [0.5, 0.6) is 0 Å². The van der Waals surface area contributed by atoms with Crippen LogP contribution in [0, 0.1) is 5.82 Å². The fraction of sp³-hybridized carbons (Fsp3) is 0.300. The minimum absolute atomic E-state index is 0.144. The monoisotopic (exact) mass is 434 g/mol. The quantitative estimate of drug-likeness (QED) is 0.653. The Morgan fingerprint density at radius 3 is 2.79 bits per heavy atom. The zero-order valence-electron chi connectivity index (χ0n) is 15.6. The predicted molar refractivity (Wildman–Crippen MR) is 110 cm³/mol. The number of hydrogen-bond acceptors (Lipinski definition) is 5. The second-order valence-corrected chi connectivity index (χ2v) is 8.10. The van der Waals surface area contributed by atoms with Crippen molar-refractivity contribution in [1.82, 2.24) is 20.1 Å². The molecular formula is C20H20ClFN4O2S. The summed E-state index contributed by atoms with van der Waals surface area (Å²) in [5, 5.41) is 5.27. The van der Waals surface area contributed by atoms with Crippen molar-refractivity contribution in [2.45, 2.75) is 13.1 Å². The van der Waals surface area contributed by atoms with Gasteiger partial charge in [-0.2, -0.15) is 0 Å². The number of oxazole rings is 1. The van der Waals surface area contributed by atoms with Crippen LogP contribution in [0.4, 0.5) is 9.18 Å². The topological polar surface area (TPSA) is 61.6 Å². The van der Waals surface area contributed by atoms with Crippen LogP contribution in [-0.2, 0) is 13.1 Å². The minimum Gasteiger partial charge on any atom is -0.443 e. The van der Waals surface area contributed by atoms with Crippen LogP contribution < -0.4 is 5.32 Å². The average molecular weight is 435 g/mol. The summed E-state index contributed by atoms with van der Waals surface area (Å²) in [6.45, 7) is 3.19. The molecule has 29 heavy (non-hydrogen) atoms. The Balaban J connectivity index is 1.25. The maximum absolute atomic E-state index is 14.0.